The molecule has 0 saturated carbocycles. The molecule has 1 amide bonds. The lowest BCUT2D eigenvalue weighted by Gasteiger charge is -2.09. The fourth-order valence-corrected chi connectivity index (χ4v) is 3.35. The molecule has 0 radical (unpaired) electrons. The van der Waals surface area contributed by atoms with Crippen LogP contribution in [0.1, 0.15) is 28.0 Å². The highest BCUT2D eigenvalue weighted by atomic mass is 35.5. The molecule has 0 aliphatic heterocycles. The number of halogens is 1. The summed E-state index contributed by atoms with van der Waals surface area (Å²) in [6.45, 7) is 4.09. The summed E-state index contributed by atoms with van der Waals surface area (Å²) >= 11 is 7.34. The van der Waals surface area contributed by atoms with E-state index in [1.165, 1.54) is 17.5 Å². The summed E-state index contributed by atoms with van der Waals surface area (Å²) in [7, 11) is 0. The summed E-state index contributed by atoms with van der Waals surface area (Å²) in [5.74, 6) is 0.950. The Balaban J connectivity index is 1.74. The van der Waals surface area contributed by atoms with E-state index < -0.39 is 0 Å². The van der Waals surface area contributed by atoms with Crippen LogP contribution in [-0.4, -0.2) is 44.1 Å². The maximum Gasteiger partial charge on any atom is 0.267 e. The quantitative estimate of drug-likeness (QED) is 0.426. The van der Waals surface area contributed by atoms with Gasteiger partial charge in [0.2, 0.25) is 11.9 Å². The number of benzene rings is 1. The molecule has 0 bridgehead atoms. The molecule has 4 N–H and O–H groups in total. The van der Waals surface area contributed by atoms with Crippen LogP contribution in [0.15, 0.2) is 24.4 Å². The average Bonchev–Trinajstić information content (AvgIpc) is 3.17. The third-order valence-corrected chi connectivity index (χ3v) is 5.03. The first-order chi connectivity index (χ1) is 14.0. The summed E-state index contributed by atoms with van der Waals surface area (Å²) in [6.07, 6.45) is 2.09. The first kappa shape index (κ1) is 20.9. The molecule has 1 aromatic carbocycles. The predicted molar refractivity (Wildman–Crippen MR) is 114 cm³/mol. The Bertz CT molecular complexity index is 991. The molecule has 11 heteroatoms. The van der Waals surface area contributed by atoms with Gasteiger partial charge in [-0.1, -0.05) is 42.0 Å². The third-order valence-electron chi connectivity index (χ3n) is 3.80. The zero-order valence-electron chi connectivity index (χ0n) is 15.9. The molecule has 3 aromatic rings. The van der Waals surface area contributed by atoms with E-state index in [-0.39, 0.29) is 12.5 Å². The van der Waals surface area contributed by atoms with Crippen LogP contribution < -0.4 is 16.0 Å². The number of carbonyl (C=O) groups excluding carboxylic acids is 1. The Morgan fingerprint density at radius 1 is 1.24 bits per heavy atom. The van der Waals surface area contributed by atoms with Crippen molar-refractivity contribution in [2.24, 2.45) is 0 Å². The van der Waals surface area contributed by atoms with E-state index in [0.717, 1.165) is 5.56 Å². The predicted octanol–water partition coefficient (Wildman–Crippen LogP) is 3.25. The van der Waals surface area contributed by atoms with Crippen molar-refractivity contribution in [2.75, 3.05) is 29.1 Å². The smallest absolute Gasteiger partial charge is 0.267 e. The molecule has 2 heterocycles. The normalized spacial score (nSPS) is 10.6. The number of aryl methyl sites for hydroxylation is 2. The lowest BCUT2D eigenvalue weighted by atomic mass is 10.2. The van der Waals surface area contributed by atoms with Gasteiger partial charge in [0.05, 0.1) is 23.5 Å². The van der Waals surface area contributed by atoms with Crippen LogP contribution in [0.3, 0.4) is 0 Å². The topological polar surface area (TPSA) is 125 Å². The SMILES string of the molecule is CCc1nc(NCCO)nc(Nc2ncc(C(=O)Nc3c(C)cccc3Cl)s2)n1. The third kappa shape index (κ3) is 5.37. The Kier molecular flexibility index (Phi) is 6.91. The number of para-hydroxylation sites is 1. The second-order valence-electron chi connectivity index (χ2n) is 5.94. The molecule has 2 aromatic heterocycles. The Labute approximate surface area is 176 Å². The Hall–Kier alpha value is -2.82. The number of hydrogen-bond acceptors (Lipinski definition) is 9. The number of amides is 1. The number of aromatic nitrogens is 4. The first-order valence-electron chi connectivity index (χ1n) is 8.89. The van der Waals surface area contributed by atoms with Crippen LogP contribution >= 0.6 is 22.9 Å². The molecule has 0 unspecified atom stereocenters. The minimum absolute atomic E-state index is 0.0360. The molecule has 0 aliphatic rings. The van der Waals surface area contributed by atoms with Crippen LogP contribution in [0.2, 0.25) is 5.02 Å². The summed E-state index contributed by atoms with van der Waals surface area (Å²) in [4.78, 5) is 30.0. The van der Waals surface area contributed by atoms with Gasteiger partial charge < -0.3 is 15.7 Å². The number of aliphatic hydroxyl groups is 1. The minimum Gasteiger partial charge on any atom is -0.395 e. The van der Waals surface area contributed by atoms with Crippen molar-refractivity contribution in [2.45, 2.75) is 20.3 Å². The van der Waals surface area contributed by atoms with Crippen LogP contribution in [-0.2, 0) is 6.42 Å². The molecule has 9 nitrogen and oxygen atoms in total. The molecule has 152 valence electrons. The van der Waals surface area contributed by atoms with E-state index in [2.05, 4.69) is 35.9 Å². The lowest BCUT2D eigenvalue weighted by Crippen LogP contribution is -2.12. The molecule has 0 saturated heterocycles. The van der Waals surface area contributed by atoms with E-state index in [1.807, 2.05) is 26.0 Å². The summed E-state index contributed by atoms with van der Waals surface area (Å²) in [5, 5.41) is 18.6. The van der Waals surface area contributed by atoms with E-state index in [4.69, 9.17) is 16.7 Å². The fraction of sp³-hybridized carbons (Fsp3) is 0.278. The molecular formula is C18H20ClN7O2S. The van der Waals surface area contributed by atoms with Gasteiger partial charge in [0.1, 0.15) is 10.7 Å². The molecular weight excluding hydrogens is 414 g/mol. The number of rotatable bonds is 8. The van der Waals surface area contributed by atoms with Gasteiger partial charge in [-0.2, -0.15) is 15.0 Å². The fourth-order valence-electron chi connectivity index (χ4n) is 2.38. The van der Waals surface area contributed by atoms with Crippen LogP contribution in [0.4, 0.5) is 22.7 Å². The maximum absolute atomic E-state index is 12.6. The lowest BCUT2D eigenvalue weighted by molar-refractivity contribution is 0.103. The second-order valence-corrected chi connectivity index (χ2v) is 7.38. The van der Waals surface area contributed by atoms with Crippen molar-refractivity contribution in [3.8, 4) is 0 Å². The van der Waals surface area contributed by atoms with Crippen molar-refractivity contribution in [1.29, 1.82) is 0 Å². The standard InChI is InChI=1S/C18H20ClN7O2S/c1-3-13-22-16(20-7-8-27)25-17(23-13)26-18-21-9-12(29-18)15(28)24-14-10(2)5-4-6-11(14)19/h4-6,9,27H,3,7-8H2,1-2H3,(H,24,28)(H2,20,21,22,23,25,26). The van der Waals surface area contributed by atoms with Crippen LogP contribution in [0.25, 0.3) is 0 Å². The zero-order valence-corrected chi connectivity index (χ0v) is 17.4. The number of aliphatic hydroxyl groups excluding tert-OH is 1. The van der Waals surface area contributed by atoms with E-state index in [0.29, 0.717) is 51.4 Å². The van der Waals surface area contributed by atoms with Gasteiger partial charge >= 0.3 is 0 Å². The summed E-state index contributed by atoms with van der Waals surface area (Å²) in [5.41, 5.74) is 1.45. The van der Waals surface area contributed by atoms with Crippen molar-refractivity contribution in [1.82, 2.24) is 19.9 Å². The number of nitrogens with zero attached hydrogens (tertiary/aromatic N) is 4. The number of carbonyl (C=O) groups is 1. The second kappa shape index (κ2) is 9.59. The number of anilines is 4. The van der Waals surface area contributed by atoms with Crippen LogP contribution in [0, 0.1) is 6.92 Å². The van der Waals surface area contributed by atoms with Gasteiger partial charge in [0.15, 0.2) is 5.13 Å². The van der Waals surface area contributed by atoms with E-state index in [1.54, 1.807) is 6.07 Å². The van der Waals surface area contributed by atoms with Gasteiger partial charge in [-0.3, -0.25) is 10.1 Å². The number of thiazole rings is 1. The summed E-state index contributed by atoms with van der Waals surface area (Å²) < 4.78 is 0. The molecule has 29 heavy (non-hydrogen) atoms. The highest BCUT2D eigenvalue weighted by Gasteiger charge is 2.15. The largest absolute Gasteiger partial charge is 0.395 e. The Morgan fingerprint density at radius 3 is 2.76 bits per heavy atom. The zero-order chi connectivity index (χ0) is 20.8. The number of nitrogens with one attached hydrogen (secondary N) is 3. The van der Waals surface area contributed by atoms with Crippen molar-refractivity contribution < 1.29 is 9.90 Å². The average molecular weight is 434 g/mol. The molecule has 0 spiro atoms. The molecule has 3 rings (SSSR count). The first-order valence-corrected chi connectivity index (χ1v) is 10.1. The Morgan fingerprint density at radius 2 is 2.03 bits per heavy atom. The maximum atomic E-state index is 12.6. The van der Waals surface area contributed by atoms with Gasteiger partial charge in [-0.15, -0.1) is 0 Å². The number of hydrogen-bond donors (Lipinski definition) is 4. The summed E-state index contributed by atoms with van der Waals surface area (Å²) in [6, 6.07) is 5.42. The van der Waals surface area contributed by atoms with E-state index in [9.17, 15) is 4.79 Å². The van der Waals surface area contributed by atoms with Gasteiger partial charge in [-0.05, 0) is 18.6 Å². The minimum atomic E-state index is -0.304. The highest BCUT2D eigenvalue weighted by molar-refractivity contribution is 7.17. The van der Waals surface area contributed by atoms with Crippen molar-refractivity contribution in [3.63, 3.8) is 0 Å². The van der Waals surface area contributed by atoms with Crippen molar-refractivity contribution >= 4 is 51.6 Å². The van der Waals surface area contributed by atoms with Gasteiger partial charge in [-0.25, -0.2) is 4.98 Å². The van der Waals surface area contributed by atoms with Gasteiger partial charge in [0.25, 0.3) is 5.91 Å². The van der Waals surface area contributed by atoms with E-state index >= 15 is 0 Å². The molecule has 0 fully saturated rings. The molecule has 0 atom stereocenters. The monoisotopic (exact) mass is 433 g/mol. The highest BCUT2D eigenvalue weighted by Crippen LogP contribution is 2.27. The van der Waals surface area contributed by atoms with Crippen molar-refractivity contribution in [3.05, 3.63) is 45.7 Å². The van der Waals surface area contributed by atoms with Crippen LogP contribution in [0.5, 0.6) is 0 Å². The molecule has 0 aliphatic carbocycles. The van der Waals surface area contributed by atoms with Gasteiger partial charge in [0, 0.05) is 13.0 Å².